The summed E-state index contributed by atoms with van der Waals surface area (Å²) in [6, 6.07) is 0. The summed E-state index contributed by atoms with van der Waals surface area (Å²) in [5.74, 6) is -2.20. The van der Waals surface area contributed by atoms with E-state index in [1.54, 1.807) is 6.08 Å². The summed E-state index contributed by atoms with van der Waals surface area (Å²) in [6.07, 6.45) is 4.30. The zero-order valence-electron chi connectivity index (χ0n) is 19.3. The third-order valence-corrected chi connectivity index (χ3v) is 9.42. The maximum Gasteiger partial charge on any atom is 0.306 e. The molecule has 3 fully saturated rings. The molecule has 33 heavy (non-hydrogen) atoms. The van der Waals surface area contributed by atoms with Crippen LogP contribution in [0.3, 0.4) is 0 Å². The molecule has 0 heterocycles. The molecule has 0 unspecified atom stereocenters. The molecule has 0 aromatic rings. The Bertz CT molecular complexity index is 908. The maximum atomic E-state index is 13.1. The number of ether oxygens (including phenoxy) is 1. The summed E-state index contributed by atoms with van der Waals surface area (Å²) in [5, 5.41) is 31.6. The van der Waals surface area contributed by atoms with Crippen molar-refractivity contribution in [2.45, 2.75) is 83.3 Å². The molecule has 0 aromatic heterocycles. The van der Waals surface area contributed by atoms with Gasteiger partial charge in [0.05, 0.1) is 18.9 Å². The van der Waals surface area contributed by atoms with Crippen LogP contribution in [0, 0.1) is 28.6 Å². The predicted octanol–water partition coefficient (Wildman–Crippen LogP) is 2.20. The highest BCUT2D eigenvalue weighted by molar-refractivity contribution is 5.92. The van der Waals surface area contributed by atoms with E-state index in [0.717, 1.165) is 24.8 Å². The Labute approximate surface area is 193 Å². The molecule has 0 saturated heterocycles. The van der Waals surface area contributed by atoms with E-state index in [0.29, 0.717) is 12.8 Å². The summed E-state index contributed by atoms with van der Waals surface area (Å²) >= 11 is 0. The van der Waals surface area contributed by atoms with Crippen molar-refractivity contribution in [3.05, 3.63) is 11.6 Å². The topological polar surface area (TPSA) is 138 Å². The molecular formula is C25H34O8. The van der Waals surface area contributed by atoms with Gasteiger partial charge in [0, 0.05) is 11.8 Å². The molecule has 4 aliphatic rings. The average molecular weight is 463 g/mol. The van der Waals surface area contributed by atoms with E-state index in [1.807, 2.05) is 6.92 Å². The average Bonchev–Trinajstić information content (AvgIpc) is 3.02. The molecule has 4 aliphatic carbocycles. The fourth-order valence-corrected chi connectivity index (χ4v) is 7.70. The van der Waals surface area contributed by atoms with Crippen molar-refractivity contribution in [2.75, 3.05) is 6.61 Å². The van der Waals surface area contributed by atoms with Crippen LogP contribution in [-0.2, 0) is 23.9 Å². The number of esters is 1. The number of hydrogen-bond acceptors (Lipinski definition) is 7. The van der Waals surface area contributed by atoms with Gasteiger partial charge in [0.1, 0.15) is 5.60 Å². The van der Waals surface area contributed by atoms with Gasteiger partial charge >= 0.3 is 11.9 Å². The van der Waals surface area contributed by atoms with Crippen LogP contribution in [0.15, 0.2) is 11.6 Å². The van der Waals surface area contributed by atoms with Crippen molar-refractivity contribution in [3.63, 3.8) is 0 Å². The summed E-state index contributed by atoms with van der Waals surface area (Å²) in [5.41, 5.74) is -1.68. The second-order valence-corrected chi connectivity index (χ2v) is 11.0. The SMILES string of the molecule is C[C@]12CCC(=O)C=C1CC[C@@H]1[C@@H]2[C@@H](O)C[C@@]2(C)[C@H]1CC[C@]2(O)C(=O)COC(=O)CCC(=O)O. The van der Waals surface area contributed by atoms with Gasteiger partial charge in [-0.05, 0) is 67.8 Å². The first-order valence-electron chi connectivity index (χ1n) is 12.0. The lowest BCUT2D eigenvalue weighted by Crippen LogP contribution is -2.62. The van der Waals surface area contributed by atoms with Crippen LogP contribution >= 0.6 is 0 Å². The lowest BCUT2D eigenvalue weighted by molar-refractivity contribution is -0.184. The second kappa shape index (κ2) is 8.31. The Kier molecular flexibility index (Phi) is 6.06. The number of aliphatic hydroxyl groups is 2. The van der Waals surface area contributed by atoms with E-state index in [-0.39, 0.29) is 54.6 Å². The molecule has 0 aromatic carbocycles. The number of rotatable bonds is 6. The number of Topliss-reactive ketones (excluding diaryl/α,β-unsaturated/α-hetero) is 1. The minimum absolute atomic E-state index is 0.0185. The number of carboxylic acids is 1. The number of aliphatic hydroxyl groups excluding tert-OH is 1. The van der Waals surface area contributed by atoms with Crippen molar-refractivity contribution in [1.82, 2.24) is 0 Å². The van der Waals surface area contributed by atoms with Crippen LogP contribution in [0.2, 0.25) is 0 Å². The molecule has 3 N–H and O–H groups in total. The summed E-state index contributed by atoms with van der Waals surface area (Å²) in [6.45, 7) is 3.41. The Morgan fingerprint density at radius 2 is 1.85 bits per heavy atom. The quantitative estimate of drug-likeness (QED) is 0.511. The lowest BCUT2D eigenvalue weighted by Gasteiger charge is -2.60. The first-order valence-corrected chi connectivity index (χ1v) is 12.0. The molecular weight excluding hydrogens is 428 g/mol. The standard InChI is InChI=1S/C25H34O8/c1-23-9-7-15(26)11-14(23)3-4-16-17-8-10-25(32,24(17,2)12-18(27)22(16)23)19(28)13-33-21(31)6-5-20(29)30/h11,16-18,22,27,32H,3-10,12-13H2,1-2H3,(H,29,30)/t16-,17-,18-,22+,23-,24-,25-/m0/s1. The first kappa shape index (κ1) is 24.1. The lowest BCUT2D eigenvalue weighted by atomic mass is 9.45. The number of carboxylic acid groups (broad SMARTS) is 1. The van der Waals surface area contributed by atoms with Gasteiger partial charge in [-0.3, -0.25) is 19.2 Å². The van der Waals surface area contributed by atoms with Gasteiger partial charge in [-0.1, -0.05) is 19.4 Å². The molecule has 8 nitrogen and oxygen atoms in total. The van der Waals surface area contributed by atoms with Gasteiger partial charge in [-0.25, -0.2) is 0 Å². The van der Waals surface area contributed by atoms with Crippen molar-refractivity contribution in [3.8, 4) is 0 Å². The highest BCUT2D eigenvalue weighted by Crippen LogP contribution is 2.67. The summed E-state index contributed by atoms with van der Waals surface area (Å²) in [4.78, 5) is 47.5. The fraction of sp³-hybridized carbons (Fsp3) is 0.760. The van der Waals surface area contributed by atoms with Crippen LogP contribution in [0.5, 0.6) is 0 Å². The van der Waals surface area contributed by atoms with Gasteiger partial charge in [-0.2, -0.15) is 0 Å². The van der Waals surface area contributed by atoms with Crippen LogP contribution in [0.1, 0.15) is 71.6 Å². The third kappa shape index (κ3) is 3.75. The molecule has 0 bridgehead atoms. The van der Waals surface area contributed by atoms with Crippen molar-refractivity contribution >= 4 is 23.5 Å². The molecule has 0 aliphatic heterocycles. The minimum Gasteiger partial charge on any atom is -0.481 e. The fourth-order valence-electron chi connectivity index (χ4n) is 7.70. The maximum absolute atomic E-state index is 13.1. The Morgan fingerprint density at radius 1 is 1.12 bits per heavy atom. The molecule has 4 rings (SSSR count). The van der Waals surface area contributed by atoms with Crippen LogP contribution < -0.4 is 0 Å². The zero-order chi connectivity index (χ0) is 24.2. The molecule has 3 saturated carbocycles. The Morgan fingerprint density at radius 3 is 2.55 bits per heavy atom. The van der Waals surface area contributed by atoms with E-state index < -0.39 is 41.4 Å². The Balaban J connectivity index is 1.53. The van der Waals surface area contributed by atoms with Gasteiger partial charge < -0.3 is 20.1 Å². The number of carbonyl (C=O) groups excluding carboxylic acids is 3. The minimum atomic E-state index is -1.71. The summed E-state index contributed by atoms with van der Waals surface area (Å²) < 4.78 is 4.97. The highest BCUT2D eigenvalue weighted by atomic mass is 16.5. The van der Waals surface area contributed by atoms with Crippen molar-refractivity contribution in [2.24, 2.45) is 28.6 Å². The van der Waals surface area contributed by atoms with E-state index in [9.17, 15) is 29.4 Å². The summed E-state index contributed by atoms with van der Waals surface area (Å²) in [7, 11) is 0. The van der Waals surface area contributed by atoms with Gasteiger partial charge in [0.2, 0.25) is 5.78 Å². The number of carbonyl (C=O) groups is 4. The van der Waals surface area contributed by atoms with Crippen LogP contribution in [-0.4, -0.2) is 57.1 Å². The normalized spacial score (nSPS) is 41.9. The van der Waals surface area contributed by atoms with Crippen molar-refractivity contribution in [1.29, 1.82) is 0 Å². The van der Waals surface area contributed by atoms with E-state index >= 15 is 0 Å². The second-order valence-electron chi connectivity index (χ2n) is 11.0. The molecule has 0 amide bonds. The number of allylic oxidation sites excluding steroid dienone is 1. The van der Waals surface area contributed by atoms with E-state index in [1.165, 1.54) is 0 Å². The van der Waals surface area contributed by atoms with Gasteiger partial charge in [-0.15, -0.1) is 0 Å². The van der Waals surface area contributed by atoms with E-state index in [2.05, 4.69) is 6.92 Å². The highest BCUT2D eigenvalue weighted by Gasteiger charge is 2.68. The third-order valence-electron chi connectivity index (χ3n) is 9.42. The predicted molar refractivity (Wildman–Crippen MR) is 116 cm³/mol. The smallest absolute Gasteiger partial charge is 0.306 e. The van der Waals surface area contributed by atoms with Crippen LogP contribution in [0.25, 0.3) is 0 Å². The number of hydrogen-bond donors (Lipinski definition) is 3. The van der Waals surface area contributed by atoms with Gasteiger partial charge in [0.25, 0.3) is 0 Å². The molecule has 0 radical (unpaired) electrons. The van der Waals surface area contributed by atoms with Crippen LogP contribution in [0.4, 0.5) is 0 Å². The van der Waals surface area contributed by atoms with E-state index in [4.69, 9.17) is 9.84 Å². The molecule has 7 atom stereocenters. The Hall–Kier alpha value is -2.06. The number of aliphatic carboxylic acids is 1. The van der Waals surface area contributed by atoms with Crippen molar-refractivity contribution < 1.29 is 39.2 Å². The molecule has 8 heteroatoms. The van der Waals surface area contributed by atoms with Gasteiger partial charge in [0.15, 0.2) is 12.4 Å². The number of ketones is 2. The molecule has 182 valence electrons. The zero-order valence-corrected chi connectivity index (χ0v) is 19.3. The molecule has 0 spiro atoms. The largest absolute Gasteiger partial charge is 0.481 e. The monoisotopic (exact) mass is 462 g/mol. The first-order chi connectivity index (χ1) is 15.4. The number of fused-ring (bicyclic) bond motifs is 5.